The van der Waals surface area contributed by atoms with Crippen LogP contribution in [0.4, 0.5) is 0 Å². The van der Waals surface area contributed by atoms with E-state index in [4.69, 9.17) is 0 Å². The highest BCUT2D eigenvalue weighted by Crippen LogP contribution is 2.52. The highest BCUT2D eigenvalue weighted by Gasteiger charge is 2.24. The minimum atomic E-state index is -0.929. The van der Waals surface area contributed by atoms with Crippen molar-refractivity contribution in [2.45, 2.75) is 0 Å². The molecule has 4 nitrogen and oxygen atoms in total. The second-order valence-electron chi connectivity index (χ2n) is 9.99. The first-order chi connectivity index (χ1) is 17.5. The van der Waals surface area contributed by atoms with E-state index in [1.165, 1.54) is 32.3 Å². The number of hydrogen-bond acceptors (Lipinski definition) is 2. The second kappa shape index (κ2) is 5.64. The van der Waals surface area contributed by atoms with E-state index in [-0.39, 0.29) is 11.1 Å². The number of hydrogen-bond donors (Lipinski definition) is 2. The maximum Gasteiger partial charge on any atom is 0.335 e. The summed E-state index contributed by atoms with van der Waals surface area (Å²) in [7, 11) is 0. The molecule has 0 heterocycles. The minimum Gasteiger partial charge on any atom is -0.478 e. The first-order valence-electron chi connectivity index (χ1n) is 11.8. The SMILES string of the molecule is O=C(O)c1cc2cc3ccc4cc5cc(C(=O)O)cc6cc7ccc8cc(c1)c2c1c3c4c(c56)c7c81. The maximum atomic E-state index is 11.9. The number of carboxylic acid groups (broad SMARTS) is 2. The first-order valence-corrected chi connectivity index (χ1v) is 11.8. The van der Waals surface area contributed by atoms with Crippen molar-refractivity contribution in [3.8, 4) is 0 Å². The zero-order valence-corrected chi connectivity index (χ0v) is 18.6. The van der Waals surface area contributed by atoms with Crippen LogP contribution in [0.3, 0.4) is 0 Å². The van der Waals surface area contributed by atoms with Crippen molar-refractivity contribution in [2.75, 3.05) is 0 Å². The predicted octanol–water partition coefficient (Wildman–Crippen LogP) is 8.06. The average Bonchev–Trinajstić information content (AvgIpc) is 2.87. The van der Waals surface area contributed by atoms with Crippen LogP contribution in [0.25, 0.3) is 86.2 Å². The van der Waals surface area contributed by atoms with Crippen LogP contribution in [-0.4, -0.2) is 22.2 Å². The van der Waals surface area contributed by atoms with Gasteiger partial charge in [-0.25, -0.2) is 9.59 Å². The molecule has 0 saturated carbocycles. The Morgan fingerprint density at radius 3 is 0.889 bits per heavy atom. The molecule has 0 aliphatic carbocycles. The van der Waals surface area contributed by atoms with Crippen molar-refractivity contribution >= 4 is 98.1 Å². The molecule has 0 amide bonds. The average molecular weight is 462 g/mol. The van der Waals surface area contributed by atoms with E-state index in [9.17, 15) is 19.8 Å². The number of benzene rings is 9. The van der Waals surface area contributed by atoms with E-state index in [2.05, 4.69) is 48.5 Å². The molecule has 0 saturated heterocycles. The van der Waals surface area contributed by atoms with Crippen LogP contribution in [0.5, 0.6) is 0 Å². The van der Waals surface area contributed by atoms with E-state index in [1.807, 2.05) is 0 Å². The molecule has 166 valence electrons. The second-order valence-corrected chi connectivity index (χ2v) is 9.99. The highest BCUT2D eigenvalue weighted by atomic mass is 16.4. The number of carboxylic acids is 2. The largest absolute Gasteiger partial charge is 0.478 e. The molecule has 9 aromatic carbocycles. The zero-order valence-electron chi connectivity index (χ0n) is 18.6. The topological polar surface area (TPSA) is 74.6 Å². The normalized spacial score (nSPS) is 12.9. The first kappa shape index (κ1) is 18.4. The monoisotopic (exact) mass is 462 g/mol. The quantitative estimate of drug-likeness (QED) is 0.201. The molecule has 9 rings (SSSR count). The van der Waals surface area contributed by atoms with Gasteiger partial charge in [0.15, 0.2) is 0 Å². The van der Waals surface area contributed by atoms with Crippen molar-refractivity contribution in [2.24, 2.45) is 0 Å². The molecule has 0 aliphatic heterocycles. The smallest absolute Gasteiger partial charge is 0.335 e. The fourth-order valence-electron chi connectivity index (χ4n) is 6.90. The Bertz CT molecular complexity index is 2100. The summed E-state index contributed by atoms with van der Waals surface area (Å²) in [6, 6.07) is 24.0. The van der Waals surface area contributed by atoms with Crippen molar-refractivity contribution in [1.82, 2.24) is 0 Å². The Hall–Kier alpha value is -4.96. The number of carbonyl (C=O) groups is 2. The molecular weight excluding hydrogens is 448 g/mol. The van der Waals surface area contributed by atoms with Crippen LogP contribution in [0.15, 0.2) is 72.8 Å². The Kier molecular flexibility index (Phi) is 2.88. The minimum absolute atomic E-state index is 0.289. The van der Waals surface area contributed by atoms with E-state index >= 15 is 0 Å². The molecule has 2 N–H and O–H groups in total. The van der Waals surface area contributed by atoms with Gasteiger partial charge in [0.05, 0.1) is 11.1 Å². The van der Waals surface area contributed by atoms with Crippen LogP contribution in [0, 0.1) is 0 Å². The van der Waals surface area contributed by atoms with Crippen LogP contribution >= 0.6 is 0 Å². The van der Waals surface area contributed by atoms with Crippen molar-refractivity contribution in [1.29, 1.82) is 0 Å². The van der Waals surface area contributed by atoms with Crippen LogP contribution in [0.2, 0.25) is 0 Å². The number of rotatable bonds is 2. The third kappa shape index (κ3) is 1.92. The fraction of sp³-hybridized carbons (Fsp3) is 0. The summed E-state index contributed by atoms with van der Waals surface area (Å²) in [6.07, 6.45) is 0. The molecule has 0 atom stereocenters. The van der Waals surface area contributed by atoms with E-state index in [0.29, 0.717) is 0 Å². The van der Waals surface area contributed by atoms with E-state index in [0.717, 1.165) is 53.9 Å². The van der Waals surface area contributed by atoms with Gasteiger partial charge in [-0.05, 0) is 135 Å². The van der Waals surface area contributed by atoms with E-state index in [1.54, 1.807) is 24.3 Å². The van der Waals surface area contributed by atoms with Gasteiger partial charge in [0.1, 0.15) is 0 Å². The van der Waals surface area contributed by atoms with Gasteiger partial charge in [-0.1, -0.05) is 24.3 Å². The van der Waals surface area contributed by atoms with Crippen LogP contribution < -0.4 is 0 Å². The van der Waals surface area contributed by atoms with Crippen LogP contribution in [-0.2, 0) is 0 Å². The summed E-state index contributed by atoms with van der Waals surface area (Å²) < 4.78 is 0. The van der Waals surface area contributed by atoms with Crippen molar-refractivity contribution < 1.29 is 19.8 Å². The summed E-state index contributed by atoms with van der Waals surface area (Å²) in [6.45, 7) is 0. The summed E-state index contributed by atoms with van der Waals surface area (Å²) in [5, 5.41) is 36.9. The highest BCUT2D eigenvalue weighted by molar-refractivity contribution is 6.49. The zero-order chi connectivity index (χ0) is 24.0. The summed E-state index contributed by atoms with van der Waals surface area (Å²) in [4.78, 5) is 23.8. The third-order valence-electron chi connectivity index (χ3n) is 8.18. The van der Waals surface area contributed by atoms with Gasteiger partial charge in [0.25, 0.3) is 0 Å². The Morgan fingerprint density at radius 1 is 0.361 bits per heavy atom. The molecule has 0 spiro atoms. The Labute approximate surface area is 201 Å². The predicted molar refractivity (Wildman–Crippen MR) is 145 cm³/mol. The van der Waals surface area contributed by atoms with Gasteiger partial charge in [0, 0.05) is 0 Å². The lowest BCUT2D eigenvalue weighted by atomic mass is 9.79. The molecule has 0 fully saturated rings. The summed E-state index contributed by atoms with van der Waals surface area (Å²) in [5.74, 6) is -1.86. The molecule has 0 unspecified atom stereocenters. The number of aromatic carboxylic acids is 2. The van der Waals surface area contributed by atoms with Crippen molar-refractivity contribution in [3.05, 3.63) is 83.9 Å². The molecule has 0 aliphatic rings. The maximum absolute atomic E-state index is 11.9. The lowest BCUT2D eigenvalue weighted by molar-refractivity contribution is 0.0686. The lowest BCUT2D eigenvalue weighted by Crippen LogP contribution is -2.00. The van der Waals surface area contributed by atoms with E-state index < -0.39 is 11.9 Å². The van der Waals surface area contributed by atoms with Gasteiger partial charge < -0.3 is 10.2 Å². The molecular formula is C32H14O4. The lowest BCUT2D eigenvalue weighted by Gasteiger charge is -2.23. The summed E-state index contributed by atoms with van der Waals surface area (Å²) in [5.41, 5.74) is 0.578. The Morgan fingerprint density at radius 2 is 0.639 bits per heavy atom. The van der Waals surface area contributed by atoms with Gasteiger partial charge in [-0.3, -0.25) is 0 Å². The third-order valence-corrected chi connectivity index (χ3v) is 8.18. The molecule has 0 radical (unpaired) electrons. The Balaban J connectivity index is 1.68. The summed E-state index contributed by atoms with van der Waals surface area (Å²) >= 11 is 0. The van der Waals surface area contributed by atoms with Gasteiger partial charge >= 0.3 is 11.9 Å². The van der Waals surface area contributed by atoms with Gasteiger partial charge in [-0.2, -0.15) is 0 Å². The van der Waals surface area contributed by atoms with Crippen LogP contribution in [0.1, 0.15) is 20.7 Å². The molecule has 0 aromatic heterocycles. The fourth-order valence-corrected chi connectivity index (χ4v) is 6.90. The standard InChI is InChI=1S/C32H14O4/c33-31(34)21-9-17-5-13-1-2-14-6-18-10-22(32(35)36)12-20-8-16-4-3-15-7-19(11-21)23(17)29-25(13)26(14)30(24(18)20)28(16)27(15)29/h1-12H,(H,33,34)(H,35,36). The molecule has 9 aromatic rings. The van der Waals surface area contributed by atoms with Gasteiger partial charge in [0.2, 0.25) is 0 Å². The van der Waals surface area contributed by atoms with Crippen molar-refractivity contribution in [3.63, 3.8) is 0 Å². The van der Waals surface area contributed by atoms with Gasteiger partial charge in [-0.15, -0.1) is 0 Å². The molecule has 36 heavy (non-hydrogen) atoms. The molecule has 0 bridgehead atoms. The molecule has 4 heteroatoms.